The van der Waals surface area contributed by atoms with Crippen LogP contribution in [0.2, 0.25) is 0 Å². The average molecular weight is 316 g/mol. The van der Waals surface area contributed by atoms with Gasteiger partial charge in [-0.25, -0.2) is 0 Å². The number of alkyl halides is 6. The zero-order valence-electron chi connectivity index (χ0n) is 11.3. The van der Waals surface area contributed by atoms with E-state index in [0.29, 0.717) is 13.8 Å². The molecular formula is C13H14F6O2. The summed E-state index contributed by atoms with van der Waals surface area (Å²) < 4.78 is 81.5. The van der Waals surface area contributed by atoms with Crippen LogP contribution in [0.15, 0.2) is 12.2 Å². The standard InChI is InChI=1S/C13H14F6O2/c1-11(2,13(17,18)19)21-10(20)8-6-3-4-7(5-6)9(8)12(14,15)16/h3-4,6-9H,5H2,1-2H3. The first-order valence-corrected chi connectivity index (χ1v) is 6.39. The van der Waals surface area contributed by atoms with Crippen LogP contribution in [0.4, 0.5) is 26.3 Å². The number of carbonyl (C=O) groups excluding carboxylic acids is 1. The van der Waals surface area contributed by atoms with E-state index in [1.807, 2.05) is 0 Å². The Balaban J connectivity index is 2.21. The normalized spacial score (nSPS) is 32.6. The predicted octanol–water partition coefficient (Wildman–Crippen LogP) is 3.87. The third-order valence-corrected chi connectivity index (χ3v) is 4.15. The lowest BCUT2D eigenvalue weighted by atomic mass is 9.82. The van der Waals surface area contributed by atoms with E-state index in [4.69, 9.17) is 0 Å². The summed E-state index contributed by atoms with van der Waals surface area (Å²) in [4.78, 5) is 11.9. The summed E-state index contributed by atoms with van der Waals surface area (Å²) in [6, 6.07) is 0. The van der Waals surface area contributed by atoms with Gasteiger partial charge in [-0.05, 0) is 32.1 Å². The molecule has 0 radical (unpaired) electrons. The van der Waals surface area contributed by atoms with Crippen LogP contribution in [0.25, 0.3) is 0 Å². The fraction of sp³-hybridized carbons (Fsp3) is 0.769. The summed E-state index contributed by atoms with van der Waals surface area (Å²) in [5, 5.41) is 0. The van der Waals surface area contributed by atoms with Crippen LogP contribution in [0.1, 0.15) is 20.3 Å². The maximum absolute atomic E-state index is 13.0. The van der Waals surface area contributed by atoms with Crippen molar-refractivity contribution >= 4 is 5.97 Å². The van der Waals surface area contributed by atoms with E-state index in [9.17, 15) is 31.1 Å². The van der Waals surface area contributed by atoms with E-state index in [1.54, 1.807) is 0 Å². The minimum Gasteiger partial charge on any atom is -0.450 e. The molecule has 2 nitrogen and oxygen atoms in total. The van der Waals surface area contributed by atoms with Gasteiger partial charge >= 0.3 is 18.3 Å². The Bertz CT molecular complexity index is 462. The molecule has 0 N–H and O–H groups in total. The van der Waals surface area contributed by atoms with Crippen LogP contribution in [-0.2, 0) is 9.53 Å². The number of allylic oxidation sites excluding steroid dienone is 2. The van der Waals surface area contributed by atoms with E-state index in [1.165, 1.54) is 12.2 Å². The van der Waals surface area contributed by atoms with Gasteiger partial charge in [0, 0.05) is 0 Å². The van der Waals surface area contributed by atoms with E-state index in [-0.39, 0.29) is 6.42 Å². The summed E-state index contributed by atoms with van der Waals surface area (Å²) in [5.74, 6) is -6.57. The van der Waals surface area contributed by atoms with Crippen molar-refractivity contribution in [3.63, 3.8) is 0 Å². The van der Waals surface area contributed by atoms with Crippen LogP contribution in [0, 0.1) is 23.7 Å². The highest BCUT2D eigenvalue weighted by Crippen LogP contribution is 2.55. The Hall–Kier alpha value is -1.21. The molecule has 0 aromatic heterocycles. The number of fused-ring (bicyclic) bond motifs is 2. The number of carbonyl (C=O) groups is 1. The predicted molar refractivity (Wildman–Crippen MR) is 60.0 cm³/mol. The molecule has 8 heteroatoms. The summed E-state index contributed by atoms with van der Waals surface area (Å²) in [6.07, 6.45) is -6.53. The van der Waals surface area contributed by atoms with Gasteiger partial charge in [0.25, 0.3) is 0 Å². The highest BCUT2D eigenvalue weighted by molar-refractivity contribution is 5.75. The molecule has 2 rings (SSSR count). The Morgan fingerprint density at radius 2 is 1.57 bits per heavy atom. The lowest BCUT2D eigenvalue weighted by Gasteiger charge is -2.33. The SMILES string of the molecule is CC(C)(OC(=O)C1C2C=CC(C2)C1C(F)(F)F)C(F)(F)F. The van der Waals surface area contributed by atoms with Gasteiger partial charge < -0.3 is 4.74 Å². The van der Waals surface area contributed by atoms with E-state index in [0.717, 1.165) is 0 Å². The third kappa shape index (κ3) is 2.76. The van der Waals surface area contributed by atoms with Gasteiger partial charge in [0.05, 0.1) is 11.8 Å². The Morgan fingerprint density at radius 1 is 1.05 bits per heavy atom. The number of hydrogen-bond acceptors (Lipinski definition) is 2. The number of esters is 1. The first-order chi connectivity index (χ1) is 9.34. The van der Waals surface area contributed by atoms with Crippen LogP contribution in [-0.4, -0.2) is 23.9 Å². The van der Waals surface area contributed by atoms with Crippen molar-refractivity contribution in [2.24, 2.45) is 23.7 Å². The van der Waals surface area contributed by atoms with E-state index >= 15 is 0 Å². The number of rotatable bonds is 2. The van der Waals surface area contributed by atoms with E-state index in [2.05, 4.69) is 4.74 Å². The van der Waals surface area contributed by atoms with Crippen LogP contribution < -0.4 is 0 Å². The maximum atomic E-state index is 13.0. The quantitative estimate of drug-likeness (QED) is 0.439. The highest BCUT2D eigenvalue weighted by atomic mass is 19.4. The topological polar surface area (TPSA) is 26.3 Å². The number of ether oxygens (including phenoxy) is 1. The largest absolute Gasteiger partial charge is 0.450 e. The zero-order chi connectivity index (χ0) is 16.2. The Morgan fingerprint density at radius 3 is 2.05 bits per heavy atom. The van der Waals surface area contributed by atoms with Crippen molar-refractivity contribution < 1.29 is 35.9 Å². The molecule has 2 aliphatic carbocycles. The van der Waals surface area contributed by atoms with Gasteiger partial charge in [-0.3, -0.25) is 4.79 Å². The highest BCUT2D eigenvalue weighted by Gasteiger charge is 2.61. The second-order valence-corrected chi connectivity index (χ2v) is 5.97. The molecule has 1 fully saturated rings. The molecule has 21 heavy (non-hydrogen) atoms. The van der Waals surface area contributed by atoms with Crippen LogP contribution in [0.3, 0.4) is 0 Å². The molecule has 0 amide bonds. The average Bonchev–Trinajstić information content (AvgIpc) is 2.84. The molecule has 0 aliphatic heterocycles. The summed E-state index contributed by atoms with van der Waals surface area (Å²) in [6.45, 7) is 1.24. The molecule has 0 aromatic carbocycles. The molecule has 0 heterocycles. The minimum absolute atomic E-state index is 0.121. The van der Waals surface area contributed by atoms with Gasteiger partial charge in [0.15, 0.2) is 0 Å². The first kappa shape index (κ1) is 16.2. The molecule has 1 saturated carbocycles. The lowest BCUT2D eigenvalue weighted by molar-refractivity contribution is -0.263. The van der Waals surface area contributed by atoms with Crippen molar-refractivity contribution in [1.29, 1.82) is 0 Å². The van der Waals surface area contributed by atoms with E-state index < -0.39 is 47.6 Å². The van der Waals surface area contributed by atoms with Crippen molar-refractivity contribution in [2.75, 3.05) is 0 Å². The fourth-order valence-corrected chi connectivity index (χ4v) is 2.97. The third-order valence-electron chi connectivity index (χ3n) is 4.15. The molecule has 2 bridgehead atoms. The van der Waals surface area contributed by atoms with Crippen LogP contribution in [0.5, 0.6) is 0 Å². The van der Waals surface area contributed by atoms with Crippen molar-refractivity contribution in [3.8, 4) is 0 Å². The Kier molecular flexibility index (Phi) is 3.57. The van der Waals surface area contributed by atoms with Gasteiger partial charge in [-0.2, -0.15) is 26.3 Å². The van der Waals surface area contributed by atoms with Crippen molar-refractivity contribution in [3.05, 3.63) is 12.2 Å². The van der Waals surface area contributed by atoms with Gasteiger partial charge in [0.1, 0.15) is 0 Å². The Labute approximate surface area is 117 Å². The smallest absolute Gasteiger partial charge is 0.427 e. The molecule has 0 aromatic rings. The summed E-state index contributed by atoms with van der Waals surface area (Å²) in [5.41, 5.74) is -2.81. The maximum Gasteiger partial charge on any atom is 0.427 e. The zero-order valence-corrected chi connectivity index (χ0v) is 11.3. The summed E-state index contributed by atoms with van der Waals surface area (Å²) in [7, 11) is 0. The molecule has 4 unspecified atom stereocenters. The minimum atomic E-state index is -4.84. The molecule has 0 saturated heterocycles. The van der Waals surface area contributed by atoms with Gasteiger partial charge in [-0.1, -0.05) is 12.2 Å². The second-order valence-electron chi connectivity index (χ2n) is 5.97. The number of hydrogen-bond donors (Lipinski definition) is 0. The lowest BCUT2D eigenvalue weighted by Crippen LogP contribution is -2.47. The monoisotopic (exact) mass is 316 g/mol. The first-order valence-electron chi connectivity index (χ1n) is 6.39. The molecular weight excluding hydrogens is 302 g/mol. The number of halogens is 6. The van der Waals surface area contributed by atoms with Crippen LogP contribution >= 0.6 is 0 Å². The summed E-state index contributed by atoms with van der Waals surface area (Å²) >= 11 is 0. The van der Waals surface area contributed by atoms with Gasteiger partial charge in [0.2, 0.25) is 5.60 Å². The molecule has 0 spiro atoms. The van der Waals surface area contributed by atoms with Crippen molar-refractivity contribution in [1.82, 2.24) is 0 Å². The molecule has 4 atom stereocenters. The van der Waals surface area contributed by atoms with Gasteiger partial charge in [-0.15, -0.1) is 0 Å². The molecule has 120 valence electrons. The molecule has 2 aliphatic rings. The second kappa shape index (κ2) is 4.64. The van der Waals surface area contributed by atoms with Crippen molar-refractivity contribution in [2.45, 2.75) is 38.2 Å². The fourth-order valence-electron chi connectivity index (χ4n) is 2.97.